The van der Waals surface area contributed by atoms with Crippen LogP contribution in [0.1, 0.15) is 32.3 Å². The van der Waals surface area contributed by atoms with E-state index in [1.165, 1.54) is 4.90 Å². The van der Waals surface area contributed by atoms with Gasteiger partial charge in [-0.3, -0.25) is 9.59 Å². The van der Waals surface area contributed by atoms with E-state index in [0.717, 1.165) is 31.7 Å². The number of carbonyl (C=O) groups excluding carboxylic acids is 2. The quantitative estimate of drug-likeness (QED) is 0.649. The fourth-order valence-electron chi connectivity index (χ4n) is 4.04. The lowest BCUT2D eigenvalue weighted by molar-refractivity contribution is -0.120. The van der Waals surface area contributed by atoms with Crippen molar-refractivity contribution in [3.63, 3.8) is 0 Å². The number of rotatable bonds is 5. The number of anilines is 1. The largest absolute Gasteiger partial charge is 0.494 e. The summed E-state index contributed by atoms with van der Waals surface area (Å²) in [5.74, 6) is 0.690. The van der Waals surface area contributed by atoms with E-state index in [4.69, 9.17) is 16.3 Å². The average molecular weight is 425 g/mol. The van der Waals surface area contributed by atoms with Crippen LogP contribution in [0.4, 0.5) is 5.69 Å². The fraction of sp³-hybridized carbons (Fsp3) is 0.333. The Bertz CT molecular complexity index is 992. The van der Waals surface area contributed by atoms with E-state index >= 15 is 0 Å². The lowest BCUT2D eigenvalue weighted by atomic mass is 9.97. The minimum atomic E-state index is -0.342. The number of benzene rings is 2. The Balaban J connectivity index is 1.79. The maximum Gasteiger partial charge on any atom is 0.282 e. The molecule has 5 nitrogen and oxygen atoms in total. The number of carbonyl (C=O) groups is 2. The molecule has 1 saturated heterocycles. The predicted octanol–water partition coefficient (Wildman–Crippen LogP) is 4.76. The zero-order chi connectivity index (χ0) is 21.3. The van der Waals surface area contributed by atoms with Crippen LogP contribution >= 0.6 is 11.6 Å². The number of ether oxygens (including phenoxy) is 1. The third kappa shape index (κ3) is 3.70. The summed E-state index contributed by atoms with van der Waals surface area (Å²) in [4.78, 5) is 30.3. The highest BCUT2D eigenvalue weighted by Crippen LogP contribution is 2.38. The summed E-state index contributed by atoms with van der Waals surface area (Å²) in [6, 6.07) is 14.3. The van der Waals surface area contributed by atoms with Gasteiger partial charge in [0.1, 0.15) is 11.4 Å². The van der Waals surface area contributed by atoms with E-state index in [2.05, 4.69) is 11.8 Å². The zero-order valence-corrected chi connectivity index (χ0v) is 18.0. The summed E-state index contributed by atoms with van der Waals surface area (Å²) >= 11 is 6.34. The van der Waals surface area contributed by atoms with Crippen LogP contribution in [0.2, 0.25) is 5.02 Å². The molecule has 0 saturated carbocycles. The summed E-state index contributed by atoms with van der Waals surface area (Å²) in [7, 11) is 0. The van der Waals surface area contributed by atoms with Crippen LogP contribution in [0.15, 0.2) is 54.2 Å². The topological polar surface area (TPSA) is 49.9 Å². The third-order valence-corrected chi connectivity index (χ3v) is 6.03. The molecule has 1 fully saturated rings. The van der Waals surface area contributed by atoms with Crippen molar-refractivity contribution in [2.24, 2.45) is 5.92 Å². The number of hydrogen-bond acceptors (Lipinski definition) is 4. The number of piperidine rings is 1. The van der Waals surface area contributed by atoms with Gasteiger partial charge in [0.05, 0.1) is 22.9 Å². The molecule has 2 aliphatic heterocycles. The molecule has 0 spiro atoms. The molecule has 2 aliphatic rings. The normalized spacial score (nSPS) is 17.8. The molecule has 0 aromatic heterocycles. The molecule has 6 heteroatoms. The minimum Gasteiger partial charge on any atom is -0.494 e. The Morgan fingerprint density at radius 3 is 2.30 bits per heavy atom. The van der Waals surface area contributed by atoms with E-state index in [9.17, 15) is 9.59 Å². The van der Waals surface area contributed by atoms with Gasteiger partial charge in [-0.05, 0) is 55.5 Å². The first kappa shape index (κ1) is 20.5. The Morgan fingerprint density at radius 2 is 1.67 bits per heavy atom. The van der Waals surface area contributed by atoms with Gasteiger partial charge in [0.15, 0.2) is 0 Å². The zero-order valence-electron chi connectivity index (χ0n) is 17.2. The molecule has 0 atom stereocenters. The van der Waals surface area contributed by atoms with Gasteiger partial charge in [0.25, 0.3) is 11.8 Å². The van der Waals surface area contributed by atoms with Crippen molar-refractivity contribution >= 4 is 34.7 Å². The van der Waals surface area contributed by atoms with E-state index in [-0.39, 0.29) is 11.8 Å². The SMILES string of the molecule is CCOc1ccc(C2=C(N3CCC(C)CC3)C(=O)N(c3ccccc3Cl)C2=O)cc1. The van der Waals surface area contributed by atoms with Gasteiger partial charge in [-0.25, -0.2) is 4.90 Å². The van der Waals surface area contributed by atoms with Crippen molar-refractivity contribution in [1.29, 1.82) is 0 Å². The van der Waals surface area contributed by atoms with Gasteiger partial charge >= 0.3 is 0 Å². The van der Waals surface area contributed by atoms with Crippen molar-refractivity contribution in [2.75, 3.05) is 24.6 Å². The van der Waals surface area contributed by atoms with Crippen molar-refractivity contribution in [3.05, 3.63) is 64.8 Å². The molecular formula is C24H25ClN2O3. The van der Waals surface area contributed by atoms with Crippen LogP contribution < -0.4 is 9.64 Å². The summed E-state index contributed by atoms with van der Waals surface area (Å²) in [5.41, 5.74) is 2.02. The standard InChI is InChI=1S/C24H25ClN2O3/c1-3-30-18-10-8-17(9-11-18)21-22(26-14-12-16(2)13-15-26)24(29)27(23(21)28)20-7-5-4-6-19(20)25/h4-11,16H,3,12-15H2,1-2H3. The number of nitrogens with zero attached hydrogens (tertiary/aromatic N) is 2. The Hall–Kier alpha value is -2.79. The molecule has 0 unspecified atom stereocenters. The monoisotopic (exact) mass is 424 g/mol. The maximum atomic E-state index is 13.5. The summed E-state index contributed by atoms with van der Waals surface area (Å²) < 4.78 is 5.53. The first-order valence-corrected chi connectivity index (χ1v) is 10.7. The molecule has 0 bridgehead atoms. The Labute approximate surface area is 181 Å². The first-order chi connectivity index (χ1) is 14.5. The van der Waals surface area contributed by atoms with Crippen molar-refractivity contribution < 1.29 is 14.3 Å². The van der Waals surface area contributed by atoms with E-state index in [1.54, 1.807) is 24.3 Å². The lowest BCUT2D eigenvalue weighted by Gasteiger charge is -2.32. The summed E-state index contributed by atoms with van der Waals surface area (Å²) in [5, 5.41) is 0.374. The molecule has 2 amide bonds. The van der Waals surface area contributed by atoms with Crippen LogP contribution in [0.25, 0.3) is 5.57 Å². The average Bonchev–Trinajstić information content (AvgIpc) is 3.00. The molecule has 2 aromatic carbocycles. The van der Waals surface area contributed by atoms with E-state index in [0.29, 0.717) is 40.1 Å². The fourth-order valence-corrected chi connectivity index (χ4v) is 4.26. The highest BCUT2D eigenvalue weighted by atomic mass is 35.5. The van der Waals surface area contributed by atoms with Crippen molar-refractivity contribution in [2.45, 2.75) is 26.7 Å². The Kier molecular flexibility index (Phi) is 5.82. The van der Waals surface area contributed by atoms with Crippen LogP contribution in [-0.2, 0) is 9.59 Å². The lowest BCUT2D eigenvalue weighted by Crippen LogP contribution is -2.38. The van der Waals surface area contributed by atoms with Crippen LogP contribution in [0.5, 0.6) is 5.75 Å². The molecule has 4 rings (SSSR count). The second-order valence-electron chi connectivity index (χ2n) is 7.75. The van der Waals surface area contributed by atoms with Crippen LogP contribution in [0.3, 0.4) is 0 Å². The number of likely N-dealkylation sites (tertiary alicyclic amines) is 1. The number of halogens is 1. The highest BCUT2D eigenvalue weighted by Gasteiger charge is 2.43. The maximum absolute atomic E-state index is 13.5. The summed E-state index contributed by atoms with van der Waals surface area (Å²) in [6.45, 7) is 6.22. The second-order valence-corrected chi connectivity index (χ2v) is 8.15. The number of imide groups is 1. The van der Waals surface area contributed by atoms with E-state index in [1.807, 2.05) is 31.2 Å². The van der Waals surface area contributed by atoms with Crippen LogP contribution in [0, 0.1) is 5.92 Å². The first-order valence-electron chi connectivity index (χ1n) is 10.4. The molecule has 2 heterocycles. The van der Waals surface area contributed by atoms with Gasteiger partial charge in [-0.2, -0.15) is 0 Å². The molecule has 0 aliphatic carbocycles. The van der Waals surface area contributed by atoms with Crippen molar-refractivity contribution in [1.82, 2.24) is 4.90 Å². The highest BCUT2D eigenvalue weighted by molar-refractivity contribution is 6.47. The molecule has 0 radical (unpaired) electrons. The number of amides is 2. The van der Waals surface area contributed by atoms with Gasteiger partial charge in [-0.1, -0.05) is 42.8 Å². The minimum absolute atomic E-state index is 0.313. The van der Waals surface area contributed by atoms with Gasteiger partial charge < -0.3 is 9.64 Å². The molecular weight excluding hydrogens is 400 g/mol. The van der Waals surface area contributed by atoms with E-state index < -0.39 is 0 Å². The van der Waals surface area contributed by atoms with Gasteiger partial charge in [0, 0.05) is 13.1 Å². The predicted molar refractivity (Wildman–Crippen MR) is 118 cm³/mol. The smallest absolute Gasteiger partial charge is 0.282 e. The molecule has 2 aromatic rings. The summed E-state index contributed by atoms with van der Waals surface area (Å²) in [6.07, 6.45) is 1.99. The molecule has 0 N–H and O–H groups in total. The van der Waals surface area contributed by atoms with Gasteiger partial charge in [0.2, 0.25) is 0 Å². The second kappa shape index (κ2) is 8.52. The third-order valence-electron chi connectivity index (χ3n) is 5.71. The molecule has 30 heavy (non-hydrogen) atoms. The number of para-hydroxylation sites is 1. The van der Waals surface area contributed by atoms with Crippen LogP contribution in [-0.4, -0.2) is 36.4 Å². The number of hydrogen-bond donors (Lipinski definition) is 0. The molecule has 156 valence electrons. The van der Waals surface area contributed by atoms with Gasteiger partial charge in [-0.15, -0.1) is 0 Å². The van der Waals surface area contributed by atoms with Crippen molar-refractivity contribution in [3.8, 4) is 5.75 Å². The Morgan fingerprint density at radius 1 is 1.00 bits per heavy atom.